The zero-order valence-electron chi connectivity index (χ0n) is 11.1. The molecule has 0 N–H and O–H groups in total. The van der Waals surface area contributed by atoms with Crippen molar-refractivity contribution in [3.8, 4) is 11.3 Å². The van der Waals surface area contributed by atoms with Gasteiger partial charge in [0.1, 0.15) is 0 Å². The Morgan fingerprint density at radius 3 is 2.70 bits per heavy atom. The normalized spacial score (nSPS) is 11.2. The van der Waals surface area contributed by atoms with Crippen LogP contribution in [0, 0.1) is 6.92 Å². The van der Waals surface area contributed by atoms with Gasteiger partial charge < -0.3 is 0 Å². The van der Waals surface area contributed by atoms with E-state index in [4.69, 9.17) is 0 Å². The number of aromatic nitrogens is 3. The minimum Gasteiger partial charge on any atom is -0.236 e. The molecule has 20 heavy (non-hydrogen) atoms. The molecule has 4 aromatic rings. The third-order valence-corrected chi connectivity index (χ3v) is 3.55. The van der Waals surface area contributed by atoms with E-state index in [-0.39, 0.29) is 0 Å². The minimum absolute atomic E-state index is 0.866. The van der Waals surface area contributed by atoms with Crippen molar-refractivity contribution in [3.63, 3.8) is 0 Å². The molecule has 2 aromatic heterocycles. The molecule has 0 radical (unpaired) electrons. The van der Waals surface area contributed by atoms with Crippen LogP contribution in [0.4, 0.5) is 0 Å². The third kappa shape index (κ3) is 1.75. The summed E-state index contributed by atoms with van der Waals surface area (Å²) < 4.78 is 1.80. The summed E-state index contributed by atoms with van der Waals surface area (Å²) in [6, 6.07) is 16.9. The monoisotopic (exact) mass is 259 g/mol. The molecule has 0 aliphatic rings. The lowest BCUT2D eigenvalue weighted by Crippen LogP contribution is -1.93. The van der Waals surface area contributed by atoms with Gasteiger partial charge in [0.2, 0.25) is 0 Å². The Hall–Kier alpha value is -2.68. The Morgan fingerprint density at radius 1 is 0.900 bits per heavy atom. The molecule has 0 unspecified atom stereocenters. The van der Waals surface area contributed by atoms with Gasteiger partial charge >= 0.3 is 0 Å². The summed E-state index contributed by atoms with van der Waals surface area (Å²) in [4.78, 5) is 4.21. The second kappa shape index (κ2) is 4.17. The summed E-state index contributed by atoms with van der Waals surface area (Å²) in [5, 5.41) is 7.08. The van der Waals surface area contributed by atoms with E-state index in [9.17, 15) is 0 Å². The summed E-state index contributed by atoms with van der Waals surface area (Å²) in [6.07, 6.45) is 3.62. The fourth-order valence-corrected chi connectivity index (χ4v) is 2.49. The van der Waals surface area contributed by atoms with Crippen molar-refractivity contribution in [2.45, 2.75) is 6.92 Å². The highest BCUT2D eigenvalue weighted by atomic mass is 15.2. The lowest BCUT2D eigenvalue weighted by atomic mass is 10.0. The number of nitrogens with zero attached hydrogens (tertiary/aromatic N) is 3. The fourth-order valence-electron chi connectivity index (χ4n) is 2.49. The summed E-state index contributed by atoms with van der Waals surface area (Å²) in [6.45, 7) is 2.11. The van der Waals surface area contributed by atoms with Crippen LogP contribution in [0.15, 0.2) is 60.9 Å². The van der Waals surface area contributed by atoms with Crippen molar-refractivity contribution >= 4 is 16.4 Å². The van der Waals surface area contributed by atoms with Crippen LogP contribution in [-0.2, 0) is 0 Å². The van der Waals surface area contributed by atoms with Crippen LogP contribution >= 0.6 is 0 Å². The van der Waals surface area contributed by atoms with Gasteiger partial charge in [-0.2, -0.15) is 5.10 Å². The quantitative estimate of drug-likeness (QED) is 0.519. The first kappa shape index (κ1) is 11.2. The van der Waals surface area contributed by atoms with Gasteiger partial charge in [-0.25, -0.2) is 9.50 Å². The maximum Gasteiger partial charge on any atom is 0.153 e. The van der Waals surface area contributed by atoms with Crippen molar-refractivity contribution < 1.29 is 0 Å². The van der Waals surface area contributed by atoms with E-state index in [0.29, 0.717) is 0 Å². The van der Waals surface area contributed by atoms with Crippen LogP contribution in [0.1, 0.15) is 5.56 Å². The zero-order chi connectivity index (χ0) is 13.5. The Kier molecular flexibility index (Phi) is 2.33. The first-order chi connectivity index (χ1) is 9.79. The van der Waals surface area contributed by atoms with Gasteiger partial charge in [-0.3, -0.25) is 0 Å². The second-order valence-electron chi connectivity index (χ2n) is 5.01. The highest BCUT2D eigenvalue weighted by molar-refractivity contribution is 5.87. The molecule has 0 spiro atoms. The van der Waals surface area contributed by atoms with Crippen LogP contribution in [0.2, 0.25) is 0 Å². The maximum atomic E-state index is 4.58. The van der Waals surface area contributed by atoms with Crippen LogP contribution in [0.5, 0.6) is 0 Å². The number of benzene rings is 2. The van der Waals surface area contributed by atoms with Gasteiger partial charge in [0.05, 0.1) is 5.69 Å². The summed E-state index contributed by atoms with van der Waals surface area (Å²) in [7, 11) is 0. The minimum atomic E-state index is 0.866. The third-order valence-electron chi connectivity index (χ3n) is 3.55. The molecule has 0 aliphatic carbocycles. The zero-order valence-corrected chi connectivity index (χ0v) is 11.1. The van der Waals surface area contributed by atoms with Crippen molar-refractivity contribution in [3.05, 3.63) is 66.5 Å². The molecule has 0 saturated heterocycles. The van der Waals surface area contributed by atoms with E-state index in [0.717, 1.165) is 16.9 Å². The van der Waals surface area contributed by atoms with Gasteiger partial charge in [-0.15, -0.1) is 0 Å². The lowest BCUT2D eigenvalue weighted by molar-refractivity contribution is 0.943. The first-order valence-corrected chi connectivity index (χ1v) is 6.61. The molecule has 3 heteroatoms. The Morgan fingerprint density at radius 2 is 1.75 bits per heavy atom. The smallest absolute Gasteiger partial charge is 0.153 e. The summed E-state index contributed by atoms with van der Waals surface area (Å²) in [5.74, 6) is 0. The molecule has 4 rings (SSSR count). The highest BCUT2D eigenvalue weighted by Crippen LogP contribution is 2.23. The van der Waals surface area contributed by atoms with Gasteiger partial charge in [0, 0.05) is 18.0 Å². The van der Waals surface area contributed by atoms with Gasteiger partial charge in [0.15, 0.2) is 5.65 Å². The summed E-state index contributed by atoms with van der Waals surface area (Å²) >= 11 is 0. The molecule has 3 nitrogen and oxygen atoms in total. The van der Waals surface area contributed by atoms with E-state index in [2.05, 4.69) is 53.4 Å². The van der Waals surface area contributed by atoms with Crippen LogP contribution in [-0.4, -0.2) is 14.6 Å². The van der Waals surface area contributed by atoms with Crippen molar-refractivity contribution in [2.75, 3.05) is 0 Å². The average molecular weight is 259 g/mol. The number of hydrogen-bond donors (Lipinski definition) is 0. The predicted molar refractivity (Wildman–Crippen MR) is 80.7 cm³/mol. The molecule has 0 aliphatic heterocycles. The number of rotatable bonds is 1. The highest BCUT2D eigenvalue weighted by Gasteiger charge is 2.03. The first-order valence-electron chi connectivity index (χ1n) is 6.61. The lowest BCUT2D eigenvalue weighted by Gasteiger charge is -2.05. The molecule has 96 valence electrons. The van der Waals surface area contributed by atoms with Crippen LogP contribution in [0.25, 0.3) is 27.7 Å². The molecular weight excluding hydrogens is 246 g/mol. The maximum absolute atomic E-state index is 4.58. The van der Waals surface area contributed by atoms with Crippen LogP contribution in [0.3, 0.4) is 0 Å². The van der Waals surface area contributed by atoms with E-state index in [1.165, 1.54) is 16.3 Å². The molecule has 0 bridgehead atoms. The standard InChI is InChI=1S/C17H13N3/c1-12-2-3-14-11-15(5-4-13(14)10-12)16-6-7-17-18-8-9-20(17)19-16/h2-11H,1H3. The second-order valence-corrected chi connectivity index (χ2v) is 5.01. The van der Waals surface area contributed by atoms with Crippen molar-refractivity contribution in [2.24, 2.45) is 0 Å². The molecule has 0 fully saturated rings. The van der Waals surface area contributed by atoms with E-state index in [1.54, 1.807) is 10.7 Å². The molecular formula is C17H13N3. The Labute approximate surface area is 116 Å². The van der Waals surface area contributed by atoms with Gasteiger partial charge in [-0.1, -0.05) is 35.9 Å². The predicted octanol–water partition coefficient (Wildman–Crippen LogP) is 3.86. The SMILES string of the molecule is Cc1ccc2cc(-c3ccc4nccn4n3)ccc2c1. The van der Waals surface area contributed by atoms with E-state index < -0.39 is 0 Å². The Balaban J connectivity index is 1.90. The molecule has 0 amide bonds. The summed E-state index contributed by atoms with van der Waals surface area (Å²) in [5.41, 5.74) is 4.23. The number of fused-ring (bicyclic) bond motifs is 2. The van der Waals surface area contributed by atoms with Crippen molar-refractivity contribution in [1.82, 2.24) is 14.6 Å². The number of hydrogen-bond acceptors (Lipinski definition) is 2. The Bertz CT molecular complexity index is 922. The van der Waals surface area contributed by atoms with E-state index in [1.807, 2.05) is 18.3 Å². The number of aryl methyl sites for hydroxylation is 1. The van der Waals surface area contributed by atoms with Gasteiger partial charge in [-0.05, 0) is 35.9 Å². The number of imidazole rings is 1. The molecule has 0 atom stereocenters. The van der Waals surface area contributed by atoms with Crippen molar-refractivity contribution in [1.29, 1.82) is 0 Å². The molecule has 2 heterocycles. The topological polar surface area (TPSA) is 30.2 Å². The van der Waals surface area contributed by atoms with E-state index >= 15 is 0 Å². The molecule has 0 saturated carbocycles. The average Bonchev–Trinajstić information content (AvgIpc) is 2.94. The van der Waals surface area contributed by atoms with Crippen LogP contribution < -0.4 is 0 Å². The fraction of sp³-hybridized carbons (Fsp3) is 0.0588. The largest absolute Gasteiger partial charge is 0.236 e. The van der Waals surface area contributed by atoms with Gasteiger partial charge in [0.25, 0.3) is 0 Å². The molecule has 2 aromatic carbocycles.